The van der Waals surface area contributed by atoms with Gasteiger partial charge in [0, 0.05) is 26.1 Å². The Morgan fingerprint density at radius 3 is 2.39 bits per heavy atom. The fourth-order valence-corrected chi connectivity index (χ4v) is 5.88. The van der Waals surface area contributed by atoms with E-state index in [0.29, 0.717) is 51.6 Å². The van der Waals surface area contributed by atoms with Crippen LogP contribution in [0.25, 0.3) is 0 Å². The number of amides is 3. The molecule has 4 unspecified atom stereocenters. The average Bonchev–Trinajstić information content (AvgIpc) is 3.69. The van der Waals surface area contributed by atoms with E-state index in [9.17, 15) is 29.3 Å². The number of Topliss-reactive ketones (excluding diaryl/α,β-unsaturated/α-hetero) is 1. The Morgan fingerprint density at radius 1 is 1.02 bits per heavy atom. The molecule has 3 amide bonds. The number of carbonyl (C=O) groups excluding carboxylic acids is 4. The fourth-order valence-electron chi connectivity index (χ4n) is 5.88. The molecule has 2 fully saturated rings. The number of nitro groups is 1. The van der Waals surface area contributed by atoms with Crippen LogP contribution in [0.2, 0.25) is 0 Å². The van der Waals surface area contributed by atoms with E-state index in [0.717, 1.165) is 24.8 Å². The van der Waals surface area contributed by atoms with Gasteiger partial charge in [-0.15, -0.1) is 0 Å². The summed E-state index contributed by atoms with van der Waals surface area (Å²) in [5.74, 6) is -1.45. The molecule has 0 aromatic heterocycles. The Labute approximate surface area is 258 Å². The Hall–Kier alpha value is -4.07. The highest BCUT2D eigenvalue weighted by atomic mass is 16.7. The molecule has 0 spiro atoms. The van der Waals surface area contributed by atoms with E-state index >= 15 is 0 Å². The number of benzene rings is 1. The molecule has 0 bridgehead atoms. The molecule has 2 saturated heterocycles. The van der Waals surface area contributed by atoms with E-state index in [2.05, 4.69) is 22.7 Å². The molecule has 0 saturated carbocycles. The summed E-state index contributed by atoms with van der Waals surface area (Å²) in [6.07, 6.45) is 6.44. The van der Waals surface area contributed by atoms with Gasteiger partial charge >= 0.3 is 0 Å². The quantitative estimate of drug-likeness (QED) is 0.0689. The summed E-state index contributed by atoms with van der Waals surface area (Å²) in [5.41, 5.74) is 12.5. The third-order valence-electron chi connectivity index (χ3n) is 8.19. The molecule has 2 aliphatic rings. The minimum Gasteiger partial charge on any atom is -0.365 e. The Morgan fingerprint density at radius 2 is 1.70 bits per heavy atom. The number of ketones is 1. The van der Waals surface area contributed by atoms with Crippen LogP contribution in [0.15, 0.2) is 35.4 Å². The molecule has 242 valence electrons. The third kappa shape index (κ3) is 10.00. The predicted octanol–water partition coefficient (Wildman–Crippen LogP) is 1.05. The predicted molar refractivity (Wildman–Crippen MR) is 165 cm³/mol. The minimum absolute atomic E-state index is 0.106. The number of hydrogen-bond acceptors (Lipinski definition) is 7. The van der Waals surface area contributed by atoms with Crippen LogP contribution in [0, 0.1) is 10.1 Å². The summed E-state index contributed by atoms with van der Waals surface area (Å²) in [5, 5.41) is 18.1. The number of nitrogens with two attached hydrogens (primary N) is 2. The lowest BCUT2D eigenvalue weighted by atomic mass is 9.99. The van der Waals surface area contributed by atoms with Crippen molar-refractivity contribution in [2.75, 3.05) is 19.6 Å². The van der Waals surface area contributed by atoms with Crippen LogP contribution in [0.1, 0.15) is 76.7 Å². The number of unbranched alkanes of at least 4 members (excludes halogenated alkanes) is 2. The molecule has 6 N–H and O–H groups in total. The van der Waals surface area contributed by atoms with Crippen molar-refractivity contribution in [1.82, 2.24) is 20.4 Å². The van der Waals surface area contributed by atoms with Gasteiger partial charge in [-0.25, -0.2) is 10.1 Å². The highest BCUT2D eigenvalue weighted by Crippen LogP contribution is 2.26. The van der Waals surface area contributed by atoms with E-state index in [1.807, 2.05) is 30.3 Å². The zero-order valence-electron chi connectivity index (χ0n) is 25.5. The van der Waals surface area contributed by atoms with Crippen LogP contribution in [-0.4, -0.2) is 88.1 Å². The second kappa shape index (κ2) is 17.3. The van der Waals surface area contributed by atoms with Crippen molar-refractivity contribution in [3.05, 3.63) is 46.0 Å². The molecule has 1 aromatic rings. The molecule has 0 aliphatic carbocycles. The van der Waals surface area contributed by atoms with E-state index in [1.54, 1.807) is 9.80 Å². The Kier molecular flexibility index (Phi) is 13.5. The molecule has 0 radical (unpaired) electrons. The van der Waals surface area contributed by atoms with Crippen LogP contribution >= 0.6 is 0 Å². The number of likely N-dealkylation sites (tertiary alicyclic amines) is 2. The highest BCUT2D eigenvalue weighted by molar-refractivity contribution is 5.96. The number of rotatable bonds is 16. The van der Waals surface area contributed by atoms with E-state index in [4.69, 9.17) is 11.5 Å². The summed E-state index contributed by atoms with van der Waals surface area (Å²) in [4.78, 5) is 67.4. The van der Waals surface area contributed by atoms with Gasteiger partial charge in [-0.3, -0.25) is 19.2 Å². The van der Waals surface area contributed by atoms with Crippen LogP contribution in [0.4, 0.5) is 0 Å². The van der Waals surface area contributed by atoms with Crippen LogP contribution < -0.4 is 22.1 Å². The maximum absolute atomic E-state index is 13.7. The average molecular weight is 615 g/mol. The lowest BCUT2D eigenvalue weighted by Crippen LogP contribution is -2.56. The summed E-state index contributed by atoms with van der Waals surface area (Å²) >= 11 is 0. The molecular formula is C30H46N8O6. The van der Waals surface area contributed by atoms with Crippen molar-refractivity contribution in [1.29, 1.82) is 0 Å². The molecule has 14 nitrogen and oxygen atoms in total. The number of nitrogens with zero attached hydrogens (tertiary/aromatic N) is 4. The zero-order valence-corrected chi connectivity index (χ0v) is 25.5. The monoisotopic (exact) mass is 614 g/mol. The number of hydrogen-bond donors (Lipinski definition) is 4. The first kappa shape index (κ1) is 34.4. The first-order valence-corrected chi connectivity index (χ1v) is 15.6. The molecule has 44 heavy (non-hydrogen) atoms. The first-order valence-electron chi connectivity index (χ1n) is 15.6. The zero-order chi connectivity index (χ0) is 32.1. The van der Waals surface area contributed by atoms with Gasteiger partial charge in [-0.2, -0.15) is 0 Å². The number of nitrogens with one attached hydrogen (secondary N) is 2. The molecule has 2 heterocycles. The first-order chi connectivity index (χ1) is 21.1. The number of guanidine groups is 1. The van der Waals surface area contributed by atoms with Gasteiger partial charge < -0.3 is 31.9 Å². The lowest BCUT2D eigenvalue weighted by molar-refractivity contribution is -0.485. The van der Waals surface area contributed by atoms with Gasteiger partial charge in [-0.05, 0) is 50.5 Å². The largest absolute Gasteiger partial charge is 0.365 e. The normalized spacial score (nSPS) is 19.8. The van der Waals surface area contributed by atoms with Crippen molar-refractivity contribution in [3.63, 3.8) is 0 Å². The van der Waals surface area contributed by atoms with Gasteiger partial charge in [-0.1, -0.05) is 56.5 Å². The lowest BCUT2D eigenvalue weighted by Gasteiger charge is -2.32. The topological polar surface area (TPSA) is 206 Å². The van der Waals surface area contributed by atoms with Crippen molar-refractivity contribution < 1.29 is 24.2 Å². The van der Waals surface area contributed by atoms with Crippen LogP contribution in [0.3, 0.4) is 0 Å². The summed E-state index contributed by atoms with van der Waals surface area (Å²) < 4.78 is 0. The summed E-state index contributed by atoms with van der Waals surface area (Å²) in [7, 11) is 0. The van der Waals surface area contributed by atoms with Gasteiger partial charge in [0.25, 0.3) is 5.96 Å². The third-order valence-corrected chi connectivity index (χ3v) is 8.19. The van der Waals surface area contributed by atoms with Crippen LogP contribution in [-0.2, 0) is 25.6 Å². The Bertz CT molecular complexity index is 1180. The van der Waals surface area contributed by atoms with Gasteiger partial charge in [0.1, 0.15) is 17.2 Å². The Balaban J connectivity index is 1.66. The second-order valence-corrected chi connectivity index (χ2v) is 11.5. The maximum Gasteiger partial charge on any atom is 0.266 e. The van der Waals surface area contributed by atoms with Gasteiger partial charge in [0.15, 0.2) is 10.8 Å². The highest BCUT2D eigenvalue weighted by Gasteiger charge is 2.43. The standard InChI is InChI=1S/C30H46N8O6/c1-2-3-5-13-22(31)28(41)37-19-10-16-25(37)29(42)36-18-9-15-24(36)27(40)34-23(14-8-17-33-30(32)35-38(43)44)26(39)20-21-11-6-4-7-12-21/h4,6-7,11-12,22-25H,2-3,5,8-10,13-20,31H2,1H3,(H,34,40)(H3,32,33,35). The smallest absolute Gasteiger partial charge is 0.266 e. The SMILES string of the molecule is CCCCCC(N)C(=O)N1CCCC1C(=O)N1CCCC1C(=O)NC(CCCN/C(N)=N/[N+](=O)[O-])C(=O)Cc1ccccc1. The van der Waals surface area contributed by atoms with Crippen LogP contribution in [0.5, 0.6) is 0 Å². The molecular weight excluding hydrogens is 568 g/mol. The molecule has 1 aromatic carbocycles. The second-order valence-electron chi connectivity index (χ2n) is 11.5. The molecule has 4 atom stereocenters. The summed E-state index contributed by atoms with van der Waals surface area (Å²) in [6, 6.07) is 6.25. The molecule has 14 heteroatoms. The van der Waals surface area contributed by atoms with Crippen molar-refractivity contribution in [3.8, 4) is 0 Å². The maximum atomic E-state index is 13.7. The summed E-state index contributed by atoms with van der Waals surface area (Å²) in [6.45, 7) is 3.13. The van der Waals surface area contributed by atoms with Gasteiger partial charge in [0.05, 0.1) is 12.1 Å². The van der Waals surface area contributed by atoms with E-state index in [1.165, 1.54) is 0 Å². The van der Waals surface area contributed by atoms with Gasteiger partial charge in [0.2, 0.25) is 17.7 Å². The fraction of sp³-hybridized carbons (Fsp3) is 0.633. The van der Waals surface area contributed by atoms with E-state index < -0.39 is 35.1 Å². The molecule has 3 rings (SSSR count). The van der Waals surface area contributed by atoms with E-state index in [-0.39, 0.29) is 42.9 Å². The van der Waals surface area contributed by atoms with Crippen molar-refractivity contribution in [2.24, 2.45) is 16.6 Å². The number of carbonyl (C=O) groups is 4. The van der Waals surface area contributed by atoms with Crippen molar-refractivity contribution in [2.45, 2.75) is 102 Å². The molecule has 2 aliphatic heterocycles. The minimum atomic E-state index is -0.911. The van der Waals surface area contributed by atoms with Crippen molar-refractivity contribution >= 4 is 29.5 Å². The number of hydrazone groups is 1.